The summed E-state index contributed by atoms with van der Waals surface area (Å²) in [6.07, 6.45) is 5.24. The second kappa shape index (κ2) is 3.50. The molecule has 0 atom stereocenters. The Bertz CT molecular complexity index is 274. The molecule has 1 aliphatic heterocycles. The number of likely N-dealkylation sites (tertiary alicyclic amines) is 1. The molecule has 2 nitrogen and oxygen atoms in total. The standard InChI is InChI=1S/C12H19NO/c1-12(2)5-4-11(14)10(8-12)9-13-6-3-7-13/h8H,3-7,9H2,1-2H3. The Balaban J connectivity index is 2.05. The highest BCUT2D eigenvalue weighted by Crippen LogP contribution is 2.31. The SMILES string of the molecule is CC1(C)C=C(CN2CCC2)C(=O)CC1. The third-order valence-corrected chi connectivity index (χ3v) is 3.26. The monoisotopic (exact) mass is 193 g/mol. The summed E-state index contributed by atoms with van der Waals surface area (Å²) in [5.41, 5.74) is 1.29. The summed E-state index contributed by atoms with van der Waals surface area (Å²) in [4.78, 5) is 14.0. The van der Waals surface area contributed by atoms with Gasteiger partial charge in [-0.05, 0) is 31.3 Å². The molecule has 1 heterocycles. The zero-order valence-electron chi connectivity index (χ0n) is 9.18. The molecule has 0 unspecified atom stereocenters. The molecule has 0 saturated carbocycles. The molecular weight excluding hydrogens is 174 g/mol. The highest BCUT2D eigenvalue weighted by Gasteiger charge is 2.27. The summed E-state index contributed by atoms with van der Waals surface area (Å²) in [7, 11) is 0. The average molecular weight is 193 g/mol. The van der Waals surface area contributed by atoms with Crippen LogP contribution in [0.1, 0.15) is 33.1 Å². The molecule has 14 heavy (non-hydrogen) atoms. The Morgan fingerprint density at radius 1 is 1.43 bits per heavy atom. The quantitative estimate of drug-likeness (QED) is 0.668. The van der Waals surface area contributed by atoms with Crippen molar-refractivity contribution >= 4 is 5.78 Å². The summed E-state index contributed by atoms with van der Waals surface area (Å²) >= 11 is 0. The summed E-state index contributed by atoms with van der Waals surface area (Å²) in [6.45, 7) is 7.67. The van der Waals surface area contributed by atoms with E-state index in [0.717, 1.165) is 25.0 Å². The zero-order valence-corrected chi connectivity index (χ0v) is 9.18. The predicted octanol–water partition coefficient (Wildman–Crippen LogP) is 2.01. The fourth-order valence-corrected chi connectivity index (χ4v) is 2.14. The van der Waals surface area contributed by atoms with E-state index in [-0.39, 0.29) is 5.41 Å². The fraction of sp³-hybridized carbons (Fsp3) is 0.750. The van der Waals surface area contributed by atoms with Gasteiger partial charge < -0.3 is 0 Å². The molecule has 0 bridgehead atoms. The van der Waals surface area contributed by atoms with Gasteiger partial charge in [-0.1, -0.05) is 19.9 Å². The van der Waals surface area contributed by atoms with Crippen molar-refractivity contribution in [3.8, 4) is 0 Å². The van der Waals surface area contributed by atoms with E-state index >= 15 is 0 Å². The van der Waals surface area contributed by atoms with Crippen LogP contribution in [0.3, 0.4) is 0 Å². The second-order valence-electron chi connectivity index (χ2n) is 5.21. The molecule has 0 N–H and O–H groups in total. The van der Waals surface area contributed by atoms with E-state index in [4.69, 9.17) is 0 Å². The first-order chi connectivity index (χ1) is 6.57. The summed E-state index contributed by atoms with van der Waals surface area (Å²) in [5, 5.41) is 0. The minimum Gasteiger partial charge on any atom is -0.299 e. The lowest BCUT2D eigenvalue weighted by Gasteiger charge is -2.34. The van der Waals surface area contributed by atoms with Crippen LogP contribution in [-0.2, 0) is 4.79 Å². The Labute approximate surface area is 86.0 Å². The molecular formula is C12H19NO. The molecule has 2 rings (SSSR count). The molecule has 0 aromatic rings. The maximum atomic E-state index is 11.7. The number of hydrogen-bond donors (Lipinski definition) is 0. The van der Waals surface area contributed by atoms with Gasteiger partial charge in [0.2, 0.25) is 0 Å². The van der Waals surface area contributed by atoms with Crippen LogP contribution >= 0.6 is 0 Å². The van der Waals surface area contributed by atoms with Crippen molar-refractivity contribution in [3.05, 3.63) is 11.6 Å². The Morgan fingerprint density at radius 3 is 2.71 bits per heavy atom. The van der Waals surface area contributed by atoms with Gasteiger partial charge in [-0.2, -0.15) is 0 Å². The van der Waals surface area contributed by atoms with E-state index in [2.05, 4.69) is 24.8 Å². The van der Waals surface area contributed by atoms with Crippen LogP contribution < -0.4 is 0 Å². The van der Waals surface area contributed by atoms with Crippen molar-refractivity contribution in [1.82, 2.24) is 4.90 Å². The molecule has 0 amide bonds. The molecule has 2 aliphatic rings. The minimum absolute atomic E-state index is 0.230. The van der Waals surface area contributed by atoms with Crippen molar-refractivity contribution in [2.45, 2.75) is 33.1 Å². The van der Waals surface area contributed by atoms with Crippen LogP contribution in [0.5, 0.6) is 0 Å². The maximum Gasteiger partial charge on any atom is 0.159 e. The topological polar surface area (TPSA) is 20.3 Å². The highest BCUT2D eigenvalue weighted by atomic mass is 16.1. The highest BCUT2D eigenvalue weighted by molar-refractivity contribution is 5.96. The number of allylic oxidation sites excluding steroid dienone is 1. The van der Waals surface area contributed by atoms with Crippen molar-refractivity contribution < 1.29 is 4.79 Å². The van der Waals surface area contributed by atoms with Gasteiger partial charge in [-0.15, -0.1) is 0 Å². The molecule has 78 valence electrons. The fourth-order valence-electron chi connectivity index (χ4n) is 2.14. The van der Waals surface area contributed by atoms with Gasteiger partial charge in [-0.3, -0.25) is 9.69 Å². The predicted molar refractivity (Wildman–Crippen MR) is 57.2 cm³/mol. The molecule has 0 aromatic carbocycles. The lowest BCUT2D eigenvalue weighted by molar-refractivity contribution is -0.117. The number of ketones is 1. The number of carbonyl (C=O) groups is 1. The first-order valence-corrected chi connectivity index (χ1v) is 5.54. The Hall–Kier alpha value is -0.630. The number of hydrogen-bond acceptors (Lipinski definition) is 2. The molecule has 1 aliphatic carbocycles. The molecule has 0 radical (unpaired) electrons. The third-order valence-electron chi connectivity index (χ3n) is 3.26. The summed E-state index contributed by atoms with van der Waals surface area (Å²) in [6, 6.07) is 0. The lowest BCUT2D eigenvalue weighted by Crippen LogP contribution is -2.40. The van der Waals surface area contributed by atoms with Crippen LogP contribution in [0.2, 0.25) is 0 Å². The Morgan fingerprint density at radius 2 is 2.14 bits per heavy atom. The Kier molecular flexibility index (Phi) is 2.48. The van der Waals surface area contributed by atoms with Crippen LogP contribution in [0.25, 0.3) is 0 Å². The van der Waals surface area contributed by atoms with E-state index < -0.39 is 0 Å². The number of carbonyl (C=O) groups excluding carboxylic acids is 1. The third kappa shape index (κ3) is 2.06. The van der Waals surface area contributed by atoms with E-state index in [0.29, 0.717) is 5.78 Å². The van der Waals surface area contributed by atoms with Crippen molar-refractivity contribution in [3.63, 3.8) is 0 Å². The normalized spacial score (nSPS) is 27.0. The zero-order chi connectivity index (χ0) is 10.2. The average Bonchev–Trinajstić information content (AvgIpc) is 2.03. The molecule has 2 heteroatoms. The van der Waals surface area contributed by atoms with E-state index in [9.17, 15) is 4.79 Å². The first-order valence-electron chi connectivity index (χ1n) is 5.54. The van der Waals surface area contributed by atoms with E-state index in [1.54, 1.807) is 0 Å². The maximum absolute atomic E-state index is 11.7. The van der Waals surface area contributed by atoms with Gasteiger partial charge in [0.25, 0.3) is 0 Å². The lowest BCUT2D eigenvalue weighted by atomic mass is 9.79. The summed E-state index contributed by atoms with van der Waals surface area (Å²) < 4.78 is 0. The van der Waals surface area contributed by atoms with Crippen LogP contribution in [-0.4, -0.2) is 30.3 Å². The van der Waals surface area contributed by atoms with Gasteiger partial charge in [-0.25, -0.2) is 0 Å². The number of rotatable bonds is 2. The van der Waals surface area contributed by atoms with Crippen LogP contribution in [0.4, 0.5) is 0 Å². The minimum atomic E-state index is 0.230. The van der Waals surface area contributed by atoms with Crippen LogP contribution in [0.15, 0.2) is 11.6 Å². The van der Waals surface area contributed by atoms with Crippen molar-refractivity contribution in [2.75, 3.05) is 19.6 Å². The van der Waals surface area contributed by atoms with E-state index in [1.807, 2.05) is 0 Å². The van der Waals surface area contributed by atoms with Gasteiger partial charge in [0.1, 0.15) is 0 Å². The van der Waals surface area contributed by atoms with Crippen molar-refractivity contribution in [1.29, 1.82) is 0 Å². The molecule has 0 aromatic heterocycles. The molecule has 1 saturated heterocycles. The number of nitrogens with zero attached hydrogens (tertiary/aromatic N) is 1. The van der Waals surface area contributed by atoms with E-state index in [1.165, 1.54) is 19.5 Å². The summed E-state index contributed by atoms with van der Waals surface area (Å²) in [5.74, 6) is 0.372. The first kappa shape index (κ1) is 9.91. The molecule has 0 spiro atoms. The number of Topliss-reactive ketones (excluding diaryl/α,β-unsaturated/α-hetero) is 1. The van der Waals surface area contributed by atoms with Gasteiger partial charge in [0.05, 0.1) is 0 Å². The molecule has 1 fully saturated rings. The smallest absolute Gasteiger partial charge is 0.159 e. The second-order valence-corrected chi connectivity index (χ2v) is 5.21. The van der Waals surface area contributed by atoms with Gasteiger partial charge >= 0.3 is 0 Å². The van der Waals surface area contributed by atoms with Crippen molar-refractivity contribution in [2.24, 2.45) is 5.41 Å². The van der Waals surface area contributed by atoms with Gasteiger partial charge in [0.15, 0.2) is 5.78 Å². The van der Waals surface area contributed by atoms with Gasteiger partial charge in [0, 0.05) is 18.5 Å². The van der Waals surface area contributed by atoms with Crippen LogP contribution in [0, 0.1) is 5.41 Å². The largest absolute Gasteiger partial charge is 0.299 e.